The molecule has 1 aromatic rings. The fourth-order valence-corrected chi connectivity index (χ4v) is 0.941. The lowest BCUT2D eigenvalue weighted by atomic mass is 10.3. The molecule has 0 radical (unpaired) electrons. The molecular weight excluding hydrogens is 184 g/mol. The van der Waals surface area contributed by atoms with Crippen LogP contribution in [-0.2, 0) is 0 Å². The topological polar surface area (TPSA) is 42.0 Å². The van der Waals surface area contributed by atoms with Crippen LogP contribution in [0.2, 0.25) is 5.15 Å². The lowest BCUT2D eigenvalue weighted by molar-refractivity contribution is 0.0985. The van der Waals surface area contributed by atoms with Crippen molar-refractivity contribution < 1.29 is 4.79 Å². The summed E-state index contributed by atoms with van der Waals surface area (Å²) in [7, 11) is 0. The molecule has 0 bridgehead atoms. The zero-order valence-corrected chi connectivity index (χ0v) is 7.06. The van der Waals surface area contributed by atoms with Crippen LogP contribution in [0.25, 0.3) is 0 Å². The monoisotopic (exact) mass is 188 g/mol. The standard InChI is InChI=1S/C6H5ClN2OS/c7-5-4(6(10)9-11)2-1-3-8-5/h1-3,11H,(H,9,10). The first kappa shape index (κ1) is 8.36. The highest BCUT2D eigenvalue weighted by Gasteiger charge is 2.07. The molecule has 1 heterocycles. The lowest BCUT2D eigenvalue weighted by Crippen LogP contribution is -2.13. The van der Waals surface area contributed by atoms with Crippen LogP contribution in [0.1, 0.15) is 10.4 Å². The summed E-state index contributed by atoms with van der Waals surface area (Å²) in [6.07, 6.45) is 1.51. The SMILES string of the molecule is O=C(NS)c1cccnc1Cl. The molecule has 0 aliphatic heterocycles. The number of aromatic nitrogens is 1. The first-order valence-electron chi connectivity index (χ1n) is 2.80. The third-order valence-electron chi connectivity index (χ3n) is 1.11. The van der Waals surface area contributed by atoms with Crippen molar-refractivity contribution in [3.63, 3.8) is 0 Å². The van der Waals surface area contributed by atoms with Crippen LogP contribution in [0, 0.1) is 0 Å². The van der Waals surface area contributed by atoms with Gasteiger partial charge in [0.1, 0.15) is 5.15 Å². The van der Waals surface area contributed by atoms with Crippen molar-refractivity contribution in [3.8, 4) is 0 Å². The maximum atomic E-state index is 10.9. The highest BCUT2D eigenvalue weighted by Crippen LogP contribution is 2.10. The number of hydrogen-bond acceptors (Lipinski definition) is 3. The second-order valence-corrected chi connectivity index (χ2v) is 2.36. The van der Waals surface area contributed by atoms with Gasteiger partial charge in [0, 0.05) is 6.20 Å². The minimum absolute atomic E-state index is 0.180. The highest BCUT2D eigenvalue weighted by molar-refractivity contribution is 7.78. The Morgan fingerprint density at radius 1 is 1.73 bits per heavy atom. The summed E-state index contributed by atoms with van der Waals surface area (Å²) in [5.41, 5.74) is 0.323. The van der Waals surface area contributed by atoms with E-state index in [1.165, 1.54) is 6.20 Å². The Hall–Kier alpha value is -0.740. The van der Waals surface area contributed by atoms with Gasteiger partial charge in [0.05, 0.1) is 5.56 Å². The molecule has 1 aromatic heterocycles. The number of nitrogens with zero attached hydrogens (tertiary/aromatic N) is 1. The molecule has 0 aliphatic rings. The van der Waals surface area contributed by atoms with Crippen molar-refractivity contribution in [1.29, 1.82) is 0 Å². The number of thiol groups is 1. The number of carbonyl (C=O) groups is 1. The number of carbonyl (C=O) groups excluding carboxylic acids is 1. The molecule has 0 aromatic carbocycles. The van der Waals surface area contributed by atoms with Crippen LogP contribution in [0.15, 0.2) is 18.3 Å². The number of amides is 1. The molecule has 0 saturated carbocycles. The van der Waals surface area contributed by atoms with E-state index in [0.29, 0.717) is 5.56 Å². The normalized spacial score (nSPS) is 9.27. The Bertz CT molecular complexity index is 279. The summed E-state index contributed by atoms with van der Waals surface area (Å²) in [6.45, 7) is 0. The van der Waals surface area contributed by atoms with Crippen molar-refractivity contribution in [2.45, 2.75) is 0 Å². The quantitative estimate of drug-likeness (QED) is 0.516. The van der Waals surface area contributed by atoms with Crippen molar-refractivity contribution >= 4 is 30.3 Å². The molecule has 0 atom stereocenters. The van der Waals surface area contributed by atoms with Gasteiger partial charge in [0.2, 0.25) is 0 Å². The third kappa shape index (κ3) is 1.85. The average molecular weight is 189 g/mol. The number of nitrogens with one attached hydrogen (secondary N) is 1. The van der Waals surface area contributed by atoms with Crippen LogP contribution in [-0.4, -0.2) is 10.9 Å². The van der Waals surface area contributed by atoms with Gasteiger partial charge in [-0.15, -0.1) is 0 Å². The molecule has 0 unspecified atom stereocenters. The molecule has 58 valence electrons. The molecule has 0 aliphatic carbocycles. The van der Waals surface area contributed by atoms with Crippen molar-refractivity contribution in [2.75, 3.05) is 0 Å². The molecule has 0 spiro atoms. The predicted molar refractivity (Wildman–Crippen MR) is 45.7 cm³/mol. The smallest absolute Gasteiger partial charge is 0.264 e. The van der Waals surface area contributed by atoms with E-state index in [0.717, 1.165) is 0 Å². The Morgan fingerprint density at radius 3 is 3.00 bits per heavy atom. The summed E-state index contributed by atoms with van der Waals surface area (Å²) in [5.74, 6) is -0.355. The molecule has 3 nitrogen and oxygen atoms in total. The summed E-state index contributed by atoms with van der Waals surface area (Å²) in [6, 6.07) is 3.20. The van der Waals surface area contributed by atoms with Crippen LogP contribution in [0.5, 0.6) is 0 Å². The lowest BCUT2D eigenvalue weighted by Gasteiger charge is -1.98. The first-order valence-corrected chi connectivity index (χ1v) is 3.63. The minimum atomic E-state index is -0.355. The van der Waals surface area contributed by atoms with E-state index in [4.69, 9.17) is 11.6 Å². The first-order chi connectivity index (χ1) is 5.25. The summed E-state index contributed by atoms with van der Waals surface area (Å²) < 4.78 is 2.15. The molecular formula is C6H5ClN2OS. The summed E-state index contributed by atoms with van der Waals surface area (Å²) in [4.78, 5) is 14.6. The molecule has 1 N–H and O–H groups in total. The van der Waals surface area contributed by atoms with Crippen LogP contribution < -0.4 is 4.72 Å². The van der Waals surface area contributed by atoms with Gasteiger partial charge in [-0.2, -0.15) is 0 Å². The van der Waals surface area contributed by atoms with Crippen molar-refractivity contribution in [3.05, 3.63) is 29.0 Å². The molecule has 1 amide bonds. The average Bonchev–Trinajstić information content (AvgIpc) is 2.04. The summed E-state index contributed by atoms with van der Waals surface area (Å²) >= 11 is 9.18. The van der Waals surface area contributed by atoms with Gasteiger partial charge in [0.15, 0.2) is 0 Å². The van der Waals surface area contributed by atoms with E-state index in [1.54, 1.807) is 12.1 Å². The second-order valence-electron chi connectivity index (χ2n) is 1.78. The van der Waals surface area contributed by atoms with E-state index in [-0.39, 0.29) is 11.1 Å². The maximum absolute atomic E-state index is 10.9. The zero-order chi connectivity index (χ0) is 8.27. The fourth-order valence-electron chi connectivity index (χ4n) is 0.616. The minimum Gasteiger partial charge on any atom is -0.299 e. The van der Waals surface area contributed by atoms with E-state index < -0.39 is 0 Å². The molecule has 11 heavy (non-hydrogen) atoms. The number of pyridine rings is 1. The summed E-state index contributed by atoms with van der Waals surface area (Å²) in [5, 5.41) is 0.180. The number of rotatable bonds is 1. The van der Waals surface area contributed by atoms with E-state index in [9.17, 15) is 4.79 Å². The molecule has 0 saturated heterocycles. The predicted octanol–water partition coefficient (Wildman–Crippen LogP) is 1.31. The number of halogens is 1. The second kappa shape index (κ2) is 3.59. The van der Waals surface area contributed by atoms with Gasteiger partial charge in [-0.25, -0.2) is 4.98 Å². The molecule has 1 rings (SSSR count). The Morgan fingerprint density at radius 2 is 2.45 bits per heavy atom. The van der Waals surface area contributed by atoms with E-state index in [1.807, 2.05) is 0 Å². The highest BCUT2D eigenvalue weighted by atomic mass is 35.5. The number of hydrogen-bond donors (Lipinski definition) is 2. The van der Waals surface area contributed by atoms with Crippen LogP contribution >= 0.6 is 24.4 Å². The van der Waals surface area contributed by atoms with Crippen molar-refractivity contribution in [2.24, 2.45) is 0 Å². The van der Waals surface area contributed by atoms with Gasteiger partial charge < -0.3 is 0 Å². The van der Waals surface area contributed by atoms with Gasteiger partial charge in [-0.05, 0) is 12.1 Å². The van der Waals surface area contributed by atoms with Gasteiger partial charge >= 0.3 is 0 Å². The maximum Gasteiger partial charge on any atom is 0.264 e. The van der Waals surface area contributed by atoms with Gasteiger partial charge in [0.25, 0.3) is 5.91 Å². The van der Waals surface area contributed by atoms with E-state index >= 15 is 0 Å². The van der Waals surface area contributed by atoms with Gasteiger partial charge in [-0.3, -0.25) is 9.52 Å². The van der Waals surface area contributed by atoms with E-state index in [2.05, 4.69) is 22.5 Å². The van der Waals surface area contributed by atoms with Crippen LogP contribution in [0.4, 0.5) is 0 Å². The zero-order valence-electron chi connectivity index (χ0n) is 5.41. The Kier molecular flexibility index (Phi) is 2.73. The largest absolute Gasteiger partial charge is 0.299 e. The molecule has 0 fully saturated rings. The third-order valence-corrected chi connectivity index (χ3v) is 1.61. The van der Waals surface area contributed by atoms with Gasteiger partial charge in [-0.1, -0.05) is 24.4 Å². The van der Waals surface area contributed by atoms with Crippen molar-refractivity contribution in [1.82, 2.24) is 9.71 Å². The van der Waals surface area contributed by atoms with Crippen LogP contribution in [0.3, 0.4) is 0 Å². The fraction of sp³-hybridized carbons (Fsp3) is 0. The Balaban J connectivity index is 3.03. The Labute approximate surface area is 74.3 Å². The molecule has 5 heteroatoms.